The van der Waals surface area contributed by atoms with Crippen molar-refractivity contribution >= 4 is 5.91 Å². The zero-order valence-corrected chi connectivity index (χ0v) is 11.1. The smallest absolute Gasteiger partial charge is 0.237 e. The van der Waals surface area contributed by atoms with E-state index in [2.05, 4.69) is 12.2 Å². The first-order valence-electron chi connectivity index (χ1n) is 5.92. The van der Waals surface area contributed by atoms with Crippen molar-refractivity contribution in [2.24, 2.45) is 5.73 Å². The van der Waals surface area contributed by atoms with Crippen molar-refractivity contribution < 1.29 is 9.90 Å². The van der Waals surface area contributed by atoms with Gasteiger partial charge in [0.2, 0.25) is 5.91 Å². The van der Waals surface area contributed by atoms with E-state index in [4.69, 9.17) is 5.73 Å². The molecule has 96 valence electrons. The van der Waals surface area contributed by atoms with Crippen molar-refractivity contribution in [2.75, 3.05) is 0 Å². The second-order valence-corrected chi connectivity index (χ2v) is 5.42. The Kier molecular flexibility index (Phi) is 5.42. The van der Waals surface area contributed by atoms with Gasteiger partial charge in [-0.05, 0) is 34.1 Å². The average Bonchev–Trinajstić information content (AvgIpc) is 2.11. The summed E-state index contributed by atoms with van der Waals surface area (Å²) in [5.74, 6) is -0.194. The number of carbonyl (C=O) groups excluding carboxylic acids is 1. The molecule has 0 aliphatic rings. The molecule has 0 saturated heterocycles. The van der Waals surface area contributed by atoms with Crippen molar-refractivity contribution in [2.45, 2.75) is 71.1 Å². The maximum atomic E-state index is 11.8. The van der Waals surface area contributed by atoms with Crippen molar-refractivity contribution in [1.29, 1.82) is 0 Å². The lowest BCUT2D eigenvalue weighted by Crippen LogP contribution is -2.60. The maximum absolute atomic E-state index is 11.8. The molecule has 4 N–H and O–H groups in total. The molecule has 0 fully saturated rings. The number of carbonyl (C=O) groups is 1. The topological polar surface area (TPSA) is 75.4 Å². The molecule has 4 heteroatoms. The second kappa shape index (κ2) is 5.64. The molecule has 0 aromatic carbocycles. The van der Waals surface area contributed by atoms with Gasteiger partial charge in [0.25, 0.3) is 0 Å². The van der Waals surface area contributed by atoms with Crippen LogP contribution in [0.1, 0.15) is 53.9 Å². The summed E-state index contributed by atoms with van der Waals surface area (Å²) >= 11 is 0. The van der Waals surface area contributed by atoms with Gasteiger partial charge in [0.15, 0.2) is 0 Å². The Bertz CT molecular complexity index is 232. The third-order valence-electron chi connectivity index (χ3n) is 3.17. The molecule has 16 heavy (non-hydrogen) atoms. The second-order valence-electron chi connectivity index (χ2n) is 5.42. The first kappa shape index (κ1) is 15.4. The molecule has 1 amide bonds. The van der Waals surface area contributed by atoms with Gasteiger partial charge in [-0.3, -0.25) is 4.79 Å². The first-order valence-corrected chi connectivity index (χ1v) is 5.92. The summed E-state index contributed by atoms with van der Waals surface area (Å²) in [6.07, 6.45) is 2.65. The number of hydrogen-bond acceptors (Lipinski definition) is 3. The zero-order chi connectivity index (χ0) is 13.0. The molecule has 0 aliphatic heterocycles. The van der Waals surface area contributed by atoms with Crippen molar-refractivity contribution in [3.05, 3.63) is 0 Å². The summed E-state index contributed by atoms with van der Waals surface area (Å²) in [5.41, 5.74) is 4.09. The monoisotopic (exact) mass is 230 g/mol. The van der Waals surface area contributed by atoms with Crippen LogP contribution < -0.4 is 11.1 Å². The van der Waals surface area contributed by atoms with Gasteiger partial charge in [0.1, 0.15) is 0 Å². The van der Waals surface area contributed by atoms with Crippen LogP contribution in [0.3, 0.4) is 0 Å². The molecule has 1 atom stereocenters. The van der Waals surface area contributed by atoms with E-state index in [9.17, 15) is 9.90 Å². The molecule has 0 bridgehead atoms. The summed E-state index contributed by atoms with van der Waals surface area (Å²) < 4.78 is 0. The molecule has 0 radical (unpaired) electrons. The number of nitrogens with one attached hydrogen (secondary N) is 1. The SMILES string of the molecule is CCCCC(N)C(=O)NC(C)(C)C(C)(C)O. The van der Waals surface area contributed by atoms with Gasteiger partial charge in [0.05, 0.1) is 17.2 Å². The molecule has 0 rings (SSSR count). The molecule has 0 aromatic heterocycles. The number of hydrogen-bond donors (Lipinski definition) is 3. The molecule has 0 saturated carbocycles. The molecule has 4 nitrogen and oxygen atoms in total. The van der Waals surface area contributed by atoms with Crippen LogP contribution in [0.15, 0.2) is 0 Å². The van der Waals surface area contributed by atoms with Gasteiger partial charge in [-0.15, -0.1) is 0 Å². The van der Waals surface area contributed by atoms with Gasteiger partial charge in [0, 0.05) is 0 Å². The maximum Gasteiger partial charge on any atom is 0.237 e. The van der Waals surface area contributed by atoms with Gasteiger partial charge in [-0.1, -0.05) is 19.8 Å². The summed E-state index contributed by atoms with van der Waals surface area (Å²) in [6, 6.07) is -0.485. The Morgan fingerprint density at radius 2 is 1.88 bits per heavy atom. The minimum Gasteiger partial charge on any atom is -0.388 e. The van der Waals surface area contributed by atoms with Crippen LogP contribution in [0.25, 0.3) is 0 Å². The average molecular weight is 230 g/mol. The van der Waals surface area contributed by atoms with E-state index in [1.165, 1.54) is 0 Å². The predicted molar refractivity (Wildman–Crippen MR) is 66.0 cm³/mol. The largest absolute Gasteiger partial charge is 0.388 e. The third-order valence-corrected chi connectivity index (χ3v) is 3.17. The zero-order valence-electron chi connectivity index (χ0n) is 11.1. The van der Waals surface area contributed by atoms with E-state index >= 15 is 0 Å². The Morgan fingerprint density at radius 3 is 2.25 bits per heavy atom. The molecule has 0 aromatic rings. The number of rotatable bonds is 6. The van der Waals surface area contributed by atoms with Crippen molar-refractivity contribution in [3.63, 3.8) is 0 Å². The first-order chi connectivity index (χ1) is 7.12. The molecular formula is C12H26N2O2. The van der Waals surface area contributed by atoms with Crippen LogP contribution in [0.4, 0.5) is 0 Å². The van der Waals surface area contributed by atoms with Crippen LogP contribution in [0.5, 0.6) is 0 Å². The van der Waals surface area contributed by atoms with E-state index in [0.717, 1.165) is 12.8 Å². The number of aliphatic hydroxyl groups is 1. The van der Waals surface area contributed by atoms with Gasteiger partial charge >= 0.3 is 0 Å². The van der Waals surface area contributed by atoms with Gasteiger partial charge in [-0.2, -0.15) is 0 Å². The van der Waals surface area contributed by atoms with Crippen LogP contribution in [-0.4, -0.2) is 28.2 Å². The number of unbranched alkanes of at least 4 members (excludes halogenated alkanes) is 1. The number of nitrogens with two attached hydrogens (primary N) is 1. The van der Waals surface area contributed by atoms with E-state index in [1.807, 2.05) is 0 Å². The highest BCUT2D eigenvalue weighted by Crippen LogP contribution is 2.20. The summed E-state index contributed by atoms with van der Waals surface area (Å²) in [7, 11) is 0. The summed E-state index contributed by atoms with van der Waals surface area (Å²) in [6.45, 7) is 8.98. The number of amides is 1. The Hall–Kier alpha value is -0.610. The van der Waals surface area contributed by atoms with E-state index < -0.39 is 17.2 Å². The fourth-order valence-electron chi connectivity index (χ4n) is 1.11. The summed E-state index contributed by atoms with van der Waals surface area (Å²) in [5, 5.41) is 12.7. The predicted octanol–water partition coefficient (Wildman–Crippen LogP) is 1.17. The minimum absolute atomic E-state index is 0.194. The van der Waals surface area contributed by atoms with Gasteiger partial charge < -0.3 is 16.2 Å². The van der Waals surface area contributed by atoms with E-state index in [0.29, 0.717) is 6.42 Å². The van der Waals surface area contributed by atoms with Crippen LogP contribution in [0.2, 0.25) is 0 Å². The Balaban J connectivity index is 4.33. The lowest BCUT2D eigenvalue weighted by Gasteiger charge is -2.38. The van der Waals surface area contributed by atoms with Crippen LogP contribution in [0, 0.1) is 0 Å². The Labute approximate surface area is 98.6 Å². The van der Waals surface area contributed by atoms with Crippen LogP contribution in [-0.2, 0) is 4.79 Å². The highest BCUT2D eigenvalue weighted by atomic mass is 16.3. The van der Waals surface area contributed by atoms with Crippen molar-refractivity contribution in [1.82, 2.24) is 5.32 Å². The lowest BCUT2D eigenvalue weighted by molar-refractivity contribution is -0.127. The van der Waals surface area contributed by atoms with E-state index in [-0.39, 0.29) is 5.91 Å². The molecule has 0 aliphatic carbocycles. The normalized spacial score (nSPS) is 14.7. The standard InChI is InChI=1S/C12H26N2O2/c1-6-7-8-9(13)10(15)14-11(2,3)12(4,5)16/h9,16H,6-8,13H2,1-5H3,(H,14,15). The third kappa shape index (κ3) is 4.49. The van der Waals surface area contributed by atoms with Gasteiger partial charge in [-0.25, -0.2) is 0 Å². The fraction of sp³-hybridized carbons (Fsp3) is 0.917. The minimum atomic E-state index is -0.979. The quantitative estimate of drug-likeness (QED) is 0.641. The Morgan fingerprint density at radius 1 is 1.38 bits per heavy atom. The fourth-order valence-corrected chi connectivity index (χ4v) is 1.11. The molecule has 0 spiro atoms. The van der Waals surface area contributed by atoms with Crippen LogP contribution >= 0.6 is 0 Å². The molecule has 1 unspecified atom stereocenters. The highest BCUT2D eigenvalue weighted by Gasteiger charge is 2.37. The van der Waals surface area contributed by atoms with Crippen molar-refractivity contribution in [3.8, 4) is 0 Å². The molecule has 0 heterocycles. The lowest BCUT2D eigenvalue weighted by atomic mass is 9.85. The molecular weight excluding hydrogens is 204 g/mol. The van der Waals surface area contributed by atoms with E-state index in [1.54, 1.807) is 27.7 Å². The highest BCUT2D eigenvalue weighted by molar-refractivity contribution is 5.82. The summed E-state index contributed by atoms with van der Waals surface area (Å²) in [4.78, 5) is 11.8.